The highest BCUT2D eigenvalue weighted by atomic mass is 32.1. The summed E-state index contributed by atoms with van der Waals surface area (Å²) in [5, 5.41) is 3.71. The van der Waals surface area contributed by atoms with Crippen molar-refractivity contribution in [2.24, 2.45) is 0 Å². The molecule has 0 radical (unpaired) electrons. The molecule has 0 fully saturated rings. The summed E-state index contributed by atoms with van der Waals surface area (Å²) in [6.07, 6.45) is 2.35. The van der Waals surface area contributed by atoms with E-state index < -0.39 is 0 Å². The van der Waals surface area contributed by atoms with Gasteiger partial charge in [-0.15, -0.1) is 0 Å². The first-order valence-electron chi connectivity index (χ1n) is 3.51. The Morgan fingerprint density at radius 2 is 2.20 bits per heavy atom. The van der Waals surface area contributed by atoms with Crippen molar-refractivity contribution in [1.29, 1.82) is 0 Å². The topological polar surface area (TPSA) is 36.1 Å². The number of nitrogens with one attached hydrogen (secondary N) is 3. The Labute approximate surface area is 67.5 Å². The van der Waals surface area contributed by atoms with Crippen molar-refractivity contribution in [3.05, 3.63) is 0 Å². The highest BCUT2D eigenvalue weighted by Crippen LogP contribution is 1.81. The van der Waals surface area contributed by atoms with E-state index in [4.69, 9.17) is 12.2 Å². The zero-order valence-corrected chi connectivity index (χ0v) is 7.35. The molecule has 0 amide bonds. The third kappa shape index (κ3) is 5.78. The van der Waals surface area contributed by atoms with Crippen LogP contribution in [0.2, 0.25) is 0 Å². The standard InChI is InChI=1S/C6H15N3S/c1-3-4-5-8-6(10)9-7-2/h7H,3-5H2,1-2H3,(H2,8,9,10). The maximum atomic E-state index is 4.88. The van der Waals surface area contributed by atoms with Gasteiger partial charge in [0.1, 0.15) is 0 Å². The maximum absolute atomic E-state index is 4.88. The highest BCUT2D eigenvalue weighted by Gasteiger charge is 1.88. The van der Waals surface area contributed by atoms with Crippen LogP contribution in [0, 0.1) is 0 Å². The molecule has 0 rings (SSSR count). The van der Waals surface area contributed by atoms with Gasteiger partial charge in [0.2, 0.25) is 0 Å². The van der Waals surface area contributed by atoms with Crippen LogP contribution in [0.3, 0.4) is 0 Å². The van der Waals surface area contributed by atoms with Gasteiger partial charge >= 0.3 is 0 Å². The van der Waals surface area contributed by atoms with Gasteiger partial charge in [0, 0.05) is 13.6 Å². The van der Waals surface area contributed by atoms with Crippen molar-refractivity contribution >= 4 is 17.3 Å². The van der Waals surface area contributed by atoms with Crippen LogP contribution < -0.4 is 16.2 Å². The molecular formula is C6H15N3S. The number of hydrazine groups is 1. The van der Waals surface area contributed by atoms with Crippen LogP contribution in [0.1, 0.15) is 19.8 Å². The molecular weight excluding hydrogens is 146 g/mol. The minimum Gasteiger partial charge on any atom is -0.362 e. The molecule has 0 heterocycles. The van der Waals surface area contributed by atoms with Gasteiger partial charge in [0.05, 0.1) is 0 Å². The van der Waals surface area contributed by atoms with Crippen molar-refractivity contribution in [3.63, 3.8) is 0 Å². The van der Waals surface area contributed by atoms with Crippen molar-refractivity contribution in [2.45, 2.75) is 19.8 Å². The van der Waals surface area contributed by atoms with Crippen LogP contribution in [-0.2, 0) is 0 Å². The first kappa shape index (κ1) is 9.65. The Morgan fingerprint density at radius 3 is 2.70 bits per heavy atom. The van der Waals surface area contributed by atoms with Gasteiger partial charge in [-0.1, -0.05) is 13.3 Å². The van der Waals surface area contributed by atoms with Crippen LogP contribution in [0.5, 0.6) is 0 Å². The summed E-state index contributed by atoms with van der Waals surface area (Å²) in [6.45, 7) is 3.10. The third-order valence-corrected chi connectivity index (χ3v) is 1.30. The van der Waals surface area contributed by atoms with E-state index in [1.807, 2.05) is 0 Å². The number of hydrogen-bond acceptors (Lipinski definition) is 2. The Kier molecular flexibility index (Phi) is 6.53. The minimum atomic E-state index is 0.663. The second-order valence-electron chi connectivity index (χ2n) is 1.98. The molecule has 0 bridgehead atoms. The fraction of sp³-hybridized carbons (Fsp3) is 0.833. The molecule has 0 aliphatic heterocycles. The molecule has 0 aromatic rings. The van der Waals surface area contributed by atoms with E-state index in [0.717, 1.165) is 13.0 Å². The van der Waals surface area contributed by atoms with Crippen LogP contribution in [-0.4, -0.2) is 18.7 Å². The van der Waals surface area contributed by atoms with Crippen molar-refractivity contribution in [2.75, 3.05) is 13.6 Å². The largest absolute Gasteiger partial charge is 0.362 e. The molecule has 0 saturated carbocycles. The molecule has 0 atom stereocenters. The summed E-state index contributed by atoms with van der Waals surface area (Å²) in [4.78, 5) is 0. The molecule has 0 aromatic carbocycles. The predicted molar refractivity (Wildman–Crippen MR) is 47.7 cm³/mol. The molecule has 0 aliphatic carbocycles. The zero-order valence-electron chi connectivity index (χ0n) is 6.53. The van der Waals surface area contributed by atoms with Crippen molar-refractivity contribution < 1.29 is 0 Å². The number of rotatable bonds is 4. The van der Waals surface area contributed by atoms with Crippen LogP contribution >= 0.6 is 12.2 Å². The zero-order chi connectivity index (χ0) is 7.82. The molecule has 3 nitrogen and oxygen atoms in total. The Morgan fingerprint density at radius 1 is 1.50 bits per heavy atom. The van der Waals surface area contributed by atoms with E-state index in [1.165, 1.54) is 6.42 Å². The SMILES string of the molecule is CCCCNC(=S)NNC. The lowest BCUT2D eigenvalue weighted by Gasteiger charge is -2.07. The molecule has 0 saturated heterocycles. The van der Waals surface area contributed by atoms with E-state index >= 15 is 0 Å². The van der Waals surface area contributed by atoms with Crippen LogP contribution in [0.4, 0.5) is 0 Å². The normalized spacial score (nSPS) is 9.00. The quantitative estimate of drug-likeness (QED) is 0.316. The molecule has 0 aromatic heterocycles. The van der Waals surface area contributed by atoms with Gasteiger partial charge in [-0.05, 0) is 18.6 Å². The second kappa shape index (κ2) is 6.77. The van der Waals surface area contributed by atoms with Gasteiger partial charge < -0.3 is 5.32 Å². The fourth-order valence-electron chi connectivity index (χ4n) is 0.536. The number of unbranched alkanes of at least 4 members (excludes halogenated alkanes) is 1. The average molecular weight is 161 g/mol. The molecule has 0 unspecified atom stereocenters. The van der Waals surface area contributed by atoms with Gasteiger partial charge in [-0.3, -0.25) is 5.43 Å². The Balaban J connectivity index is 3.05. The Hall–Kier alpha value is -0.350. The van der Waals surface area contributed by atoms with Crippen molar-refractivity contribution in [3.8, 4) is 0 Å². The van der Waals surface area contributed by atoms with Crippen molar-refractivity contribution in [1.82, 2.24) is 16.2 Å². The maximum Gasteiger partial charge on any atom is 0.180 e. The summed E-state index contributed by atoms with van der Waals surface area (Å²) < 4.78 is 0. The summed E-state index contributed by atoms with van der Waals surface area (Å²) >= 11 is 4.88. The van der Waals surface area contributed by atoms with Crippen LogP contribution in [0.25, 0.3) is 0 Å². The predicted octanol–water partition coefficient (Wildman–Crippen LogP) is 0.385. The number of hydrogen-bond donors (Lipinski definition) is 3. The highest BCUT2D eigenvalue weighted by molar-refractivity contribution is 7.80. The van der Waals surface area contributed by atoms with E-state index in [1.54, 1.807) is 7.05 Å². The molecule has 4 heteroatoms. The lowest BCUT2D eigenvalue weighted by Crippen LogP contribution is -2.42. The van der Waals surface area contributed by atoms with Gasteiger partial charge in [-0.25, -0.2) is 5.43 Å². The third-order valence-electron chi connectivity index (χ3n) is 1.05. The Bertz CT molecular complexity index is 95.0. The van der Waals surface area contributed by atoms with E-state index in [9.17, 15) is 0 Å². The summed E-state index contributed by atoms with van der Waals surface area (Å²) in [7, 11) is 1.79. The molecule has 10 heavy (non-hydrogen) atoms. The molecule has 3 N–H and O–H groups in total. The summed E-state index contributed by atoms with van der Waals surface area (Å²) in [6, 6.07) is 0. The lowest BCUT2D eigenvalue weighted by molar-refractivity contribution is 0.707. The van der Waals surface area contributed by atoms with Crippen LogP contribution in [0.15, 0.2) is 0 Å². The summed E-state index contributed by atoms with van der Waals surface area (Å²) in [5.41, 5.74) is 5.52. The van der Waals surface area contributed by atoms with Gasteiger partial charge in [0.25, 0.3) is 0 Å². The van der Waals surface area contributed by atoms with Gasteiger partial charge in [0.15, 0.2) is 5.11 Å². The average Bonchev–Trinajstić information content (AvgIpc) is 1.89. The molecule has 60 valence electrons. The monoisotopic (exact) mass is 161 g/mol. The van der Waals surface area contributed by atoms with E-state index in [-0.39, 0.29) is 0 Å². The summed E-state index contributed by atoms with van der Waals surface area (Å²) in [5.74, 6) is 0. The molecule has 0 spiro atoms. The minimum absolute atomic E-state index is 0.663. The fourth-order valence-corrected chi connectivity index (χ4v) is 0.741. The van der Waals surface area contributed by atoms with Gasteiger partial charge in [-0.2, -0.15) is 0 Å². The first-order chi connectivity index (χ1) is 4.81. The first-order valence-corrected chi connectivity index (χ1v) is 3.92. The smallest absolute Gasteiger partial charge is 0.180 e. The second-order valence-corrected chi connectivity index (χ2v) is 2.39. The van der Waals surface area contributed by atoms with E-state index in [0.29, 0.717) is 5.11 Å². The molecule has 0 aliphatic rings. The van der Waals surface area contributed by atoms with E-state index in [2.05, 4.69) is 23.1 Å². The lowest BCUT2D eigenvalue weighted by atomic mass is 10.3. The number of thiocarbonyl (C=S) groups is 1.